The summed E-state index contributed by atoms with van der Waals surface area (Å²) in [5, 5.41) is 6.93. The first-order valence-corrected chi connectivity index (χ1v) is 11.0. The highest BCUT2D eigenvalue weighted by Gasteiger charge is 2.07. The average molecular weight is 444 g/mol. The number of rotatable bonds is 4. The molecule has 1 heterocycles. The molecule has 1 amide bonds. The molecule has 0 aliphatic heterocycles. The Morgan fingerprint density at radius 3 is 2.42 bits per heavy atom. The number of nitrogens with one attached hydrogen (secondary N) is 2. The van der Waals surface area contributed by atoms with Gasteiger partial charge in [0.25, 0.3) is 0 Å². The summed E-state index contributed by atoms with van der Waals surface area (Å²) in [6.45, 7) is 4.11. The van der Waals surface area contributed by atoms with Gasteiger partial charge in [0.2, 0.25) is 5.91 Å². The van der Waals surface area contributed by atoms with Crippen LogP contribution >= 0.6 is 23.6 Å². The summed E-state index contributed by atoms with van der Waals surface area (Å²) in [6.07, 6.45) is 3.22. The fourth-order valence-electron chi connectivity index (χ4n) is 3.02. The molecule has 4 nitrogen and oxygen atoms in total. The van der Waals surface area contributed by atoms with Gasteiger partial charge < -0.3 is 5.32 Å². The summed E-state index contributed by atoms with van der Waals surface area (Å²) >= 11 is 6.93. The van der Waals surface area contributed by atoms with Crippen LogP contribution in [-0.4, -0.2) is 16.0 Å². The van der Waals surface area contributed by atoms with Gasteiger partial charge in [0.1, 0.15) is 5.01 Å². The van der Waals surface area contributed by atoms with Crippen molar-refractivity contribution in [2.45, 2.75) is 13.8 Å². The molecule has 0 aliphatic carbocycles. The number of anilines is 1. The first-order chi connectivity index (χ1) is 15.0. The zero-order valence-electron chi connectivity index (χ0n) is 17.2. The Bertz CT molecular complexity index is 1270. The number of carbonyl (C=O) groups is 1. The number of hydrogen-bond acceptors (Lipinski definition) is 4. The van der Waals surface area contributed by atoms with Gasteiger partial charge >= 0.3 is 0 Å². The molecule has 4 rings (SSSR count). The number of amides is 1. The maximum Gasteiger partial charge on any atom is 0.250 e. The Morgan fingerprint density at radius 1 is 0.968 bits per heavy atom. The molecule has 0 saturated carbocycles. The van der Waals surface area contributed by atoms with Crippen LogP contribution in [0.1, 0.15) is 16.7 Å². The smallest absolute Gasteiger partial charge is 0.250 e. The maximum absolute atomic E-state index is 12.1. The second kappa shape index (κ2) is 9.20. The van der Waals surface area contributed by atoms with Crippen molar-refractivity contribution in [3.8, 4) is 10.6 Å². The van der Waals surface area contributed by atoms with Crippen molar-refractivity contribution in [2.24, 2.45) is 0 Å². The molecule has 4 aromatic rings. The van der Waals surface area contributed by atoms with Crippen molar-refractivity contribution in [1.29, 1.82) is 0 Å². The summed E-state index contributed by atoms with van der Waals surface area (Å²) in [5.41, 5.74) is 6.22. The van der Waals surface area contributed by atoms with E-state index < -0.39 is 0 Å². The van der Waals surface area contributed by atoms with Crippen molar-refractivity contribution in [3.63, 3.8) is 0 Å². The standard InChI is InChI=1S/C25H21N3OS2/c1-16-3-6-18(7-4-16)8-14-23(29)28-25(30)26-20-11-9-19(10-12-20)24-27-21-13-5-17(2)15-22(21)31-24/h3-15H,1-2H3,(H2,26,28,29,30). The molecular formula is C25H21N3OS2. The summed E-state index contributed by atoms with van der Waals surface area (Å²) < 4.78 is 1.18. The second-order valence-electron chi connectivity index (χ2n) is 7.25. The van der Waals surface area contributed by atoms with Gasteiger partial charge in [-0.15, -0.1) is 11.3 Å². The third-order valence-corrected chi connectivity index (χ3v) is 5.95. The van der Waals surface area contributed by atoms with Crippen LogP contribution < -0.4 is 10.6 Å². The quantitative estimate of drug-likeness (QED) is 0.295. The van der Waals surface area contributed by atoms with Crippen LogP contribution in [0.2, 0.25) is 0 Å². The van der Waals surface area contributed by atoms with Crippen molar-refractivity contribution in [1.82, 2.24) is 10.3 Å². The van der Waals surface area contributed by atoms with Gasteiger partial charge in [-0.25, -0.2) is 4.98 Å². The predicted molar refractivity (Wildman–Crippen MR) is 134 cm³/mol. The van der Waals surface area contributed by atoms with E-state index in [4.69, 9.17) is 17.2 Å². The van der Waals surface area contributed by atoms with Crippen molar-refractivity contribution in [2.75, 3.05) is 5.32 Å². The van der Waals surface area contributed by atoms with Gasteiger partial charge in [-0.05, 0) is 79.7 Å². The Balaban J connectivity index is 1.36. The zero-order valence-corrected chi connectivity index (χ0v) is 18.8. The van der Waals surface area contributed by atoms with E-state index in [1.54, 1.807) is 17.4 Å². The van der Waals surface area contributed by atoms with Crippen LogP contribution in [0.3, 0.4) is 0 Å². The van der Waals surface area contributed by atoms with Crippen molar-refractivity contribution >= 4 is 56.6 Å². The number of aryl methyl sites for hydroxylation is 2. The highest BCUT2D eigenvalue weighted by Crippen LogP contribution is 2.31. The number of benzene rings is 3. The van der Waals surface area contributed by atoms with Gasteiger partial charge in [-0.2, -0.15) is 0 Å². The normalized spacial score (nSPS) is 11.0. The van der Waals surface area contributed by atoms with E-state index in [0.717, 1.165) is 27.3 Å². The first kappa shape index (κ1) is 20.9. The number of hydrogen-bond donors (Lipinski definition) is 2. The molecular weight excluding hydrogens is 422 g/mol. The fourth-order valence-corrected chi connectivity index (χ4v) is 4.30. The average Bonchev–Trinajstić information content (AvgIpc) is 3.17. The summed E-state index contributed by atoms with van der Waals surface area (Å²) in [4.78, 5) is 16.8. The lowest BCUT2D eigenvalue weighted by Gasteiger charge is -2.08. The summed E-state index contributed by atoms with van der Waals surface area (Å²) in [6, 6.07) is 22.0. The van der Waals surface area contributed by atoms with E-state index in [1.807, 2.05) is 55.5 Å². The molecule has 6 heteroatoms. The zero-order chi connectivity index (χ0) is 21.8. The van der Waals surface area contributed by atoms with E-state index >= 15 is 0 Å². The van der Waals surface area contributed by atoms with Gasteiger partial charge in [0.05, 0.1) is 10.2 Å². The number of fused-ring (bicyclic) bond motifs is 1. The third-order valence-electron chi connectivity index (χ3n) is 4.67. The molecule has 0 bridgehead atoms. The van der Waals surface area contributed by atoms with Crippen LogP contribution in [0.15, 0.2) is 72.8 Å². The van der Waals surface area contributed by atoms with E-state index in [1.165, 1.54) is 21.9 Å². The number of thiazole rings is 1. The monoisotopic (exact) mass is 443 g/mol. The lowest BCUT2D eigenvalue weighted by molar-refractivity contribution is -0.115. The van der Waals surface area contributed by atoms with E-state index in [2.05, 4.69) is 35.8 Å². The Labute approximate surface area is 190 Å². The first-order valence-electron chi connectivity index (χ1n) is 9.81. The molecule has 2 N–H and O–H groups in total. The molecule has 3 aromatic carbocycles. The summed E-state index contributed by atoms with van der Waals surface area (Å²) in [7, 11) is 0. The third kappa shape index (κ3) is 5.42. The molecule has 0 atom stereocenters. The minimum atomic E-state index is -0.278. The molecule has 154 valence electrons. The number of thiocarbonyl (C=S) groups is 1. The minimum absolute atomic E-state index is 0.252. The lowest BCUT2D eigenvalue weighted by atomic mass is 10.1. The van der Waals surface area contributed by atoms with Crippen molar-refractivity contribution in [3.05, 3.63) is 89.5 Å². The Morgan fingerprint density at radius 2 is 1.68 bits per heavy atom. The van der Waals surface area contributed by atoms with Crippen molar-refractivity contribution < 1.29 is 4.79 Å². The molecule has 0 radical (unpaired) electrons. The van der Waals surface area contributed by atoms with Gasteiger partial charge in [0, 0.05) is 17.3 Å². The second-order valence-corrected chi connectivity index (χ2v) is 8.69. The molecule has 31 heavy (non-hydrogen) atoms. The number of nitrogens with zero attached hydrogens (tertiary/aromatic N) is 1. The van der Waals surface area contributed by atoms with Crippen LogP contribution in [-0.2, 0) is 4.79 Å². The number of aromatic nitrogens is 1. The SMILES string of the molecule is Cc1ccc(C=CC(=O)NC(=S)Nc2ccc(-c3nc4ccc(C)cc4s3)cc2)cc1. The fraction of sp³-hybridized carbons (Fsp3) is 0.0800. The lowest BCUT2D eigenvalue weighted by Crippen LogP contribution is -2.32. The molecule has 0 spiro atoms. The minimum Gasteiger partial charge on any atom is -0.332 e. The molecule has 0 fully saturated rings. The highest BCUT2D eigenvalue weighted by atomic mass is 32.1. The number of carbonyl (C=O) groups excluding carboxylic acids is 1. The van der Waals surface area contributed by atoms with E-state index in [9.17, 15) is 4.79 Å². The molecule has 0 unspecified atom stereocenters. The Kier molecular flexibility index (Phi) is 6.21. The highest BCUT2D eigenvalue weighted by molar-refractivity contribution is 7.80. The van der Waals surface area contributed by atoms with Gasteiger partial charge in [-0.1, -0.05) is 35.9 Å². The van der Waals surface area contributed by atoms with Crippen LogP contribution in [0.25, 0.3) is 26.9 Å². The topological polar surface area (TPSA) is 54.0 Å². The molecule has 0 saturated heterocycles. The largest absolute Gasteiger partial charge is 0.332 e. The predicted octanol–water partition coefficient (Wildman–Crippen LogP) is 6.11. The summed E-state index contributed by atoms with van der Waals surface area (Å²) in [5.74, 6) is -0.278. The van der Waals surface area contributed by atoms with E-state index in [0.29, 0.717) is 0 Å². The molecule has 0 aliphatic rings. The Hall–Kier alpha value is -3.35. The van der Waals surface area contributed by atoms with E-state index in [-0.39, 0.29) is 11.0 Å². The maximum atomic E-state index is 12.1. The van der Waals surface area contributed by atoms with Crippen LogP contribution in [0, 0.1) is 13.8 Å². The molecule has 1 aromatic heterocycles. The van der Waals surface area contributed by atoms with Crippen LogP contribution in [0.4, 0.5) is 5.69 Å². The van der Waals surface area contributed by atoms with Gasteiger partial charge in [0.15, 0.2) is 5.11 Å². The van der Waals surface area contributed by atoms with Gasteiger partial charge in [-0.3, -0.25) is 10.1 Å². The van der Waals surface area contributed by atoms with Crippen LogP contribution in [0.5, 0.6) is 0 Å².